The van der Waals surface area contributed by atoms with Gasteiger partial charge in [0.1, 0.15) is 0 Å². The predicted molar refractivity (Wildman–Crippen MR) is 99.4 cm³/mol. The van der Waals surface area contributed by atoms with Crippen LogP contribution in [0.25, 0.3) is 0 Å². The second kappa shape index (κ2) is 7.59. The lowest BCUT2D eigenvalue weighted by atomic mass is 9.75. The van der Waals surface area contributed by atoms with Crippen LogP contribution in [0.15, 0.2) is 12.3 Å². The van der Waals surface area contributed by atoms with Crippen molar-refractivity contribution < 1.29 is 0 Å². The van der Waals surface area contributed by atoms with Crippen molar-refractivity contribution in [1.82, 2.24) is 10.2 Å². The van der Waals surface area contributed by atoms with Gasteiger partial charge < -0.3 is 10.2 Å². The zero-order valence-corrected chi connectivity index (χ0v) is 15.6. The Morgan fingerprint density at radius 2 is 1.70 bits per heavy atom. The van der Waals surface area contributed by atoms with E-state index in [1.54, 1.807) is 0 Å². The van der Waals surface area contributed by atoms with Gasteiger partial charge in [-0.15, -0.1) is 0 Å². The van der Waals surface area contributed by atoms with Gasteiger partial charge in [-0.2, -0.15) is 0 Å². The Morgan fingerprint density at radius 3 is 2.22 bits per heavy atom. The van der Waals surface area contributed by atoms with Crippen LogP contribution in [0.4, 0.5) is 0 Å². The quantitative estimate of drug-likeness (QED) is 0.713. The predicted octanol–water partition coefficient (Wildman–Crippen LogP) is 4.96. The van der Waals surface area contributed by atoms with Crippen LogP contribution < -0.4 is 5.32 Å². The van der Waals surface area contributed by atoms with Crippen molar-refractivity contribution in [2.45, 2.75) is 84.1 Å². The Balaban J connectivity index is 1.46. The summed E-state index contributed by atoms with van der Waals surface area (Å²) in [5.41, 5.74) is 2.03. The third kappa shape index (κ3) is 4.32. The second-order valence-corrected chi connectivity index (χ2v) is 8.61. The first-order chi connectivity index (χ1) is 11.2. The van der Waals surface area contributed by atoms with E-state index in [0.29, 0.717) is 5.41 Å². The molecule has 3 aliphatic rings. The summed E-state index contributed by atoms with van der Waals surface area (Å²) in [6.45, 7) is 13.0. The second-order valence-electron chi connectivity index (χ2n) is 8.61. The van der Waals surface area contributed by atoms with Gasteiger partial charge >= 0.3 is 0 Å². The molecule has 0 aromatic rings. The van der Waals surface area contributed by atoms with Gasteiger partial charge in [0.25, 0.3) is 0 Å². The maximum absolute atomic E-state index is 4.52. The van der Waals surface area contributed by atoms with Gasteiger partial charge in [0.05, 0.1) is 0 Å². The lowest BCUT2D eigenvalue weighted by Gasteiger charge is -2.45. The van der Waals surface area contributed by atoms with Crippen molar-refractivity contribution in [3.63, 3.8) is 0 Å². The highest BCUT2D eigenvalue weighted by Gasteiger charge is 2.36. The van der Waals surface area contributed by atoms with Crippen LogP contribution in [-0.4, -0.2) is 30.6 Å². The molecule has 3 rings (SSSR count). The Kier molecular flexibility index (Phi) is 5.72. The van der Waals surface area contributed by atoms with Gasteiger partial charge in [0, 0.05) is 31.4 Å². The summed E-state index contributed by atoms with van der Waals surface area (Å²) in [5.74, 6) is 1.76. The van der Waals surface area contributed by atoms with E-state index in [2.05, 4.69) is 30.6 Å². The SMILES string of the molecule is C=C(C1CCC(CC)CC1)N1CCC(CC)(CNC2CC2)CC1. The Labute approximate surface area is 144 Å². The Morgan fingerprint density at radius 1 is 1.04 bits per heavy atom. The van der Waals surface area contributed by atoms with Crippen LogP contribution in [0, 0.1) is 17.3 Å². The van der Waals surface area contributed by atoms with E-state index < -0.39 is 0 Å². The maximum atomic E-state index is 4.52. The smallest absolute Gasteiger partial charge is 0.0180 e. The fourth-order valence-electron chi connectivity index (χ4n) is 4.73. The molecule has 2 nitrogen and oxygen atoms in total. The van der Waals surface area contributed by atoms with Gasteiger partial charge in [-0.05, 0) is 75.0 Å². The molecule has 2 saturated carbocycles. The third-order valence-corrected chi connectivity index (χ3v) is 7.22. The molecule has 0 aromatic carbocycles. The minimum absolute atomic E-state index is 0.555. The zero-order chi connectivity index (χ0) is 16.3. The molecule has 2 heteroatoms. The first-order valence-corrected chi connectivity index (χ1v) is 10.3. The molecule has 1 saturated heterocycles. The number of nitrogens with zero attached hydrogens (tertiary/aromatic N) is 1. The molecule has 0 atom stereocenters. The molecule has 132 valence electrons. The first kappa shape index (κ1) is 17.3. The standard InChI is InChI=1S/C21H38N2/c1-4-18-6-8-19(9-7-18)17(3)23-14-12-21(5-2,13-15-23)16-22-20-10-11-20/h18-20,22H,3-16H2,1-2H3. The van der Waals surface area contributed by atoms with Gasteiger partial charge in [-0.3, -0.25) is 0 Å². The van der Waals surface area contributed by atoms with E-state index in [0.717, 1.165) is 17.9 Å². The molecule has 0 unspecified atom stereocenters. The number of nitrogens with one attached hydrogen (secondary N) is 1. The van der Waals surface area contributed by atoms with Crippen molar-refractivity contribution >= 4 is 0 Å². The van der Waals surface area contributed by atoms with E-state index in [4.69, 9.17) is 0 Å². The molecule has 0 radical (unpaired) electrons. The van der Waals surface area contributed by atoms with Crippen LogP contribution in [0.1, 0.15) is 78.1 Å². The summed E-state index contributed by atoms with van der Waals surface area (Å²) < 4.78 is 0. The Bertz CT molecular complexity index is 383. The maximum Gasteiger partial charge on any atom is 0.0180 e. The molecule has 23 heavy (non-hydrogen) atoms. The third-order valence-electron chi connectivity index (χ3n) is 7.22. The van der Waals surface area contributed by atoms with Gasteiger partial charge in [-0.1, -0.05) is 26.8 Å². The summed E-state index contributed by atoms with van der Waals surface area (Å²) in [6, 6.07) is 0.847. The number of allylic oxidation sites excluding steroid dienone is 1. The van der Waals surface area contributed by atoms with Gasteiger partial charge in [-0.25, -0.2) is 0 Å². The largest absolute Gasteiger partial charge is 0.375 e. The monoisotopic (exact) mass is 318 g/mol. The fourth-order valence-corrected chi connectivity index (χ4v) is 4.73. The van der Waals surface area contributed by atoms with Crippen molar-refractivity contribution in [1.29, 1.82) is 0 Å². The summed E-state index contributed by atoms with van der Waals surface area (Å²) >= 11 is 0. The average Bonchev–Trinajstić information content (AvgIpc) is 3.44. The normalized spacial score (nSPS) is 31.1. The fraction of sp³-hybridized carbons (Fsp3) is 0.905. The molecule has 0 bridgehead atoms. The minimum Gasteiger partial charge on any atom is -0.375 e. The topological polar surface area (TPSA) is 15.3 Å². The number of rotatable bonds is 7. The molecule has 3 fully saturated rings. The highest BCUT2D eigenvalue weighted by atomic mass is 15.1. The van der Waals surface area contributed by atoms with Crippen LogP contribution in [0.3, 0.4) is 0 Å². The molecule has 1 aliphatic heterocycles. The summed E-state index contributed by atoms with van der Waals surface area (Å²) in [4.78, 5) is 2.64. The number of hydrogen-bond donors (Lipinski definition) is 1. The van der Waals surface area contributed by atoms with Gasteiger partial charge in [0.2, 0.25) is 0 Å². The minimum atomic E-state index is 0.555. The molecule has 2 aliphatic carbocycles. The van der Waals surface area contributed by atoms with E-state index in [1.165, 1.54) is 89.5 Å². The molecular formula is C21H38N2. The number of hydrogen-bond acceptors (Lipinski definition) is 2. The van der Waals surface area contributed by atoms with Crippen molar-refractivity contribution in [3.8, 4) is 0 Å². The molecule has 0 aromatic heterocycles. The van der Waals surface area contributed by atoms with E-state index >= 15 is 0 Å². The zero-order valence-electron chi connectivity index (χ0n) is 15.6. The van der Waals surface area contributed by atoms with E-state index in [-0.39, 0.29) is 0 Å². The van der Waals surface area contributed by atoms with Crippen molar-refractivity contribution in [2.24, 2.45) is 17.3 Å². The van der Waals surface area contributed by atoms with Crippen LogP contribution in [0.5, 0.6) is 0 Å². The summed E-state index contributed by atoms with van der Waals surface area (Å²) in [5, 5.41) is 3.80. The highest BCUT2D eigenvalue weighted by molar-refractivity contribution is 5.04. The first-order valence-electron chi connectivity index (χ1n) is 10.3. The van der Waals surface area contributed by atoms with Crippen LogP contribution in [-0.2, 0) is 0 Å². The van der Waals surface area contributed by atoms with Crippen molar-refractivity contribution in [3.05, 3.63) is 12.3 Å². The molecule has 1 heterocycles. The van der Waals surface area contributed by atoms with Crippen LogP contribution in [0.2, 0.25) is 0 Å². The van der Waals surface area contributed by atoms with E-state index in [9.17, 15) is 0 Å². The number of piperidine rings is 1. The molecular weight excluding hydrogens is 280 g/mol. The average molecular weight is 319 g/mol. The number of likely N-dealkylation sites (tertiary alicyclic amines) is 1. The Hall–Kier alpha value is -0.500. The summed E-state index contributed by atoms with van der Waals surface area (Å²) in [7, 11) is 0. The van der Waals surface area contributed by atoms with Crippen molar-refractivity contribution in [2.75, 3.05) is 19.6 Å². The molecule has 1 N–H and O–H groups in total. The molecule has 0 amide bonds. The highest BCUT2D eigenvalue weighted by Crippen LogP contribution is 2.40. The van der Waals surface area contributed by atoms with Crippen LogP contribution >= 0.6 is 0 Å². The molecule has 0 spiro atoms. The summed E-state index contributed by atoms with van der Waals surface area (Å²) in [6.07, 6.45) is 13.8. The lowest BCUT2D eigenvalue weighted by Crippen LogP contribution is -2.45. The lowest BCUT2D eigenvalue weighted by molar-refractivity contribution is 0.106. The van der Waals surface area contributed by atoms with E-state index in [1.807, 2.05) is 0 Å². The van der Waals surface area contributed by atoms with Gasteiger partial charge in [0.15, 0.2) is 0 Å².